The highest BCUT2D eigenvalue weighted by Crippen LogP contribution is 2.30. The van der Waals surface area contributed by atoms with Crippen molar-refractivity contribution in [1.82, 2.24) is 4.98 Å². The van der Waals surface area contributed by atoms with Crippen molar-refractivity contribution in [2.75, 3.05) is 0 Å². The molecule has 19 heavy (non-hydrogen) atoms. The molecule has 2 aromatic rings. The van der Waals surface area contributed by atoms with Crippen LogP contribution in [0.2, 0.25) is 0 Å². The number of pyridine rings is 1. The Kier molecular flexibility index (Phi) is 4.96. The van der Waals surface area contributed by atoms with Crippen LogP contribution < -0.4 is 10.5 Å². The van der Waals surface area contributed by atoms with E-state index in [0.29, 0.717) is 5.75 Å². The molecule has 1 aromatic carbocycles. The van der Waals surface area contributed by atoms with Gasteiger partial charge in [0.2, 0.25) is 0 Å². The van der Waals surface area contributed by atoms with E-state index in [1.54, 1.807) is 12.4 Å². The predicted molar refractivity (Wildman–Crippen MR) is 83.1 cm³/mol. The lowest BCUT2D eigenvalue weighted by Gasteiger charge is -2.23. The highest BCUT2D eigenvalue weighted by molar-refractivity contribution is 9.10. The minimum atomic E-state index is -0.230. The molecule has 0 fully saturated rings. The topological polar surface area (TPSA) is 48.1 Å². The van der Waals surface area contributed by atoms with Crippen molar-refractivity contribution in [1.29, 1.82) is 0 Å². The Morgan fingerprint density at radius 1 is 1.21 bits per heavy atom. The van der Waals surface area contributed by atoms with E-state index >= 15 is 0 Å². The van der Waals surface area contributed by atoms with Crippen molar-refractivity contribution in [3.63, 3.8) is 0 Å². The van der Waals surface area contributed by atoms with E-state index in [1.165, 1.54) is 0 Å². The molecule has 2 N–H and O–H groups in total. The van der Waals surface area contributed by atoms with E-state index < -0.39 is 0 Å². The molecule has 0 bridgehead atoms. The van der Waals surface area contributed by atoms with Crippen molar-refractivity contribution in [2.45, 2.75) is 19.1 Å². The average Bonchev–Trinajstić information content (AvgIpc) is 2.37. The number of rotatable bonds is 4. The number of aromatic nitrogens is 1. The maximum atomic E-state index is 6.05. The number of nitrogens with zero attached hydrogens (tertiary/aromatic N) is 1. The zero-order valence-electron chi connectivity index (χ0n) is 10.4. The molecule has 5 heteroatoms. The predicted octanol–water partition coefficient (Wildman–Crippen LogP) is 4.07. The third-order valence-corrected chi connectivity index (χ3v) is 3.79. The lowest BCUT2D eigenvalue weighted by atomic mass is 10.0. The maximum absolute atomic E-state index is 6.05. The molecule has 0 spiro atoms. The fourth-order valence-electron chi connectivity index (χ4n) is 1.76. The molecule has 0 amide bonds. The van der Waals surface area contributed by atoms with E-state index in [1.807, 2.05) is 37.3 Å². The molecule has 2 rings (SSSR count). The zero-order valence-corrected chi connectivity index (χ0v) is 13.6. The SMILES string of the molecule is CC(N)C(Oc1cncc(Br)c1)c1ccccc1Br. The number of nitrogens with two attached hydrogens (primary N) is 1. The zero-order chi connectivity index (χ0) is 13.8. The van der Waals surface area contributed by atoms with Gasteiger partial charge in [0.25, 0.3) is 0 Å². The van der Waals surface area contributed by atoms with Crippen LogP contribution in [0.15, 0.2) is 51.7 Å². The van der Waals surface area contributed by atoms with Crippen LogP contribution in [0.4, 0.5) is 0 Å². The Balaban J connectivity index is 2.29. The van der Waals surface area contributed by atoms with Crippen LogP contribution in [0, 0.1) is 0 Å². The summed E-state index contributed by atoms with van der Waals surface area (Å²) in [5, 5.41) is 0. The first kappa shape index (κ1) is 14.5. The molecule has 0 saturated heterocycles. The number of ether oxygens (including phenoxy) is 1. The molecule has 100 valence electrons. The minimum Gasteiger partial charge on any atom is -0.482 e. The van der Waals surface area contributed by atoms with Crippen molar-refractivity contribution >= 4 is 31.9 Å². The summed E-state index contributed by atoms with van der Waals surface area (Å²) in [7, 11) is 0. The highest BCUT2D eigenvalue weighted by Gasteiger charge is 2.20. The van der Waals surface area contributed by atoms with Gasteiger partial charge in [0.05, 0.1) is 6.20 Å². The van der Waals surface area contributed by atoms with Gasteiger partial charge >= 0.3 is 0 Å². The van der Waals surface area contributed by atoms with Gasteiger partial charge in [-0.1, -0.05) is 34.1 Å². The molecule has 2 atom stereocenters. The number of hydrogen-bond donors (Lipinski definition) is 1. The summed E-state index contributed by atoms with van der Waals surface area (Å²) in [5.41, 5.74) is 7.07. The van der Waals surface area contributed by atoms with Gasteiger partial charge in [-0.15, -0.1) is 0 Å². The maximum Gasteiger partial charge on any atom is 0.140 e. The fraction of sp³-hybridized carbons (Fsp3) is 0.214. The second-order valence-corrected chi connectivity index (χ2v) is 6.03. The van der Waals surface area contributed by atoms with Gasteiger partial charge in [-0.2, -0.15) is 0 Å². The lowest BCUT2D eigenvalue weighted by molar-refractivity contribution is 0.179. The second-order valence-electron chi connectivity index (χ2n) is 4.26. The Hall–Kier alpha value is -0.910. The summed E-state index contributed by atoms with van der Waals surface area (Å²) >= 11 is 6.91. The molecule has 2 unspecified atom stereocenters. The molecule has 3 nitrogen and oxygen atoms in total. The molecule has 0 aliphatic rings. The average molecular weight is 386 g/mol. The molecule has 0 aliphatic carbocycles. The minimum absolute atomic E-state index is 0.141. The van der Waals surface area contributed by atoms with E-state index in [4.69, 9.17) is 10.5 Å². The Labute approximate surface area is 129 Å². The number of benzene rings is 1. The fourth-order valence-corrected chi connectivity index (χ4v) is 2.62. The van der Waals surface area contributed by atoms with Crippen molar-refractivity contribution in [3.8, 4) is 5.75 Å². The van der Waals surface area contributed by atoms with Crippen LogP contribution in [0.5, 0.6) is 5.75 Å². The summed E-state index contributed by atoms with van der Waals surface area (Å²) in [6, 6.07) is 9.65. The smallest absolute Gasteiger partial charge is 0.140 e. The molecule has 1 aromatic heterocycles. The summed E-state index contributed by atoms with van der Waals surface area (Å²) in [6.07, 6.45) is 3.16. The van der Waals surface area contributed by atoms with Gasteiger partial charge in [-0.25, -0.2) is 0 Å². The van der Waals surface area contributed by atoms with E-state index in [9.17, 15) is 0 Å². The third kappa shape index (κ3) is 3.78. The third-order valence-electron chi connectivity index (χ3n) is 2.63. The Bertz CT molecular complexity index is 561. The van der Waals surface area contributed by atoms with Crippen molar-refractivity contribution in [2.24, 2.45) is 5.73 Å². The van der Waals surface area contributed by atoms with Crippen LogP contribution in [-0.2, 0) is 0 Å². The normalized spacial score (nSPS) is 13.9. The van der Waals surface area contributed by atoms with Crippen LogP contribution in [0.1, 0.15) is 18.6 Å². The first-order valence-corrected chi connectivity index (χ1v) is 7.43. The monoisotopic (exact) mass is 384 g/mol. The van der Waals surface area contributed by atoms with Crippen LogP contribution in [-0.4, -0.2) is 11.0 Å². The summed E-state index contributed by atoms with van der Waals surface area (Å²) < 4.78 is 7.84. The van der Waals surface area contributed by atoms with E-state index in [0.717, 1.165) is 14.5 Å². The second kappa shape index (κ2) is 6.50. The Morgan fingerprint density at radius 3 is 2.58 bits per heavy atom. The Morgan fingerprint density at radius 2 is 1.95 bits per heavy atom. The first-order chi connectivity index (χ1) is 9.08. The summed E-state index contributed by atoms with van der Waals surface area (Å²) in [6.45, 7) is 1.93. The van der Waals surface area contributed by atoms with Gasteiger partial charge in [0.15, 0.2) is 0 Å². The largest absolute Gasteiger partial charge is 0.482 e. The van der Waals surface area contributed by atoms with Crippen molar-refractivity contribution < 1.29 is 4.74 Å². The lowest BCUT2D eigenvalue weighted by Crippen LogP contribution is -2.29. The molecule has 0 aliphatic heterocycles. The summed E-state index contributed by atoms with van der Waals surface area (Å²) in [4.78, 5) is 4.09. The molecular formula is C14H14Br2N2O. The van der Waals surface area contributed by atoms with E-state index in [2.05, 4.69) is 36.8 Å². The molecule has 0 radical (unpaired) electrons. The summed E-state index contributed by atoms with van der Waals surface area (Å²) in [5.74, 6) is 0.687. The number of hydrogen-bond acceptors (Lipinski definition) is 3. The van der Waals surface area contributed by atoms with E-state index in [-0.39, 0.29) is 12.1 Å². The van der Waals surface area contributed by atoms with Gasteiger partial charge in [-0.3, -0.25) is 4.98 Å². The van der Waals surface area contributed by atoms with Crippen LogP contribution >= 0.6 is 31.9 Å². The molecule has 1 heterocycles. The van der Waals surface area contributed by atoms with Crippen LogP contribution in [0.25, 0.3) is 0 Å². The van der Waals surface area contributed by atoms with Crippen LogP contribution in [0.3, 0.4) is 0 Å². The first-order valence-electron chi connectivity index (χ1n) is 5.85. The standard InChI is InChI=1S/C14H14Br2N2O/c1-9(17)14(12-4-2-3-5-13(12)16)19-11-6-10(15)7-18-8-11/h2-9,14H,17H2,1H3. The van der Waals surface area contributed by atoms with Gasteiger partial charge in [0.1, 0.15) is 11.9 Å². The quantitative estimate of drug-likeness (QED) is 0.862. The van der Waals surface area contributed by atoms with Gasteiger partial charge in [-0.05, 0) is 35.0 Å². The highest BCUT2D eigenvalue weighted by atomic mass is 79.9. The molecular weight excluding hydrogens is 372 g/mol. The van der Waals surface area contributed by atoms with Gasteiger partial charge in [0, 0.05) is 26.7 Å². The number of halogens is 2. The van der Waals surface area contributed by atoms with Gasteiger partial charge < -0.3 is 10.5 Å². The van der Waals surface area contributed by atoms with Crippen molar-refractivity contribution in [3.05, 3.63) is 57.2 Å². The molecule has 0 saturated carbocycles.